The fourth-order valence-electron chi connectivity index (χ4n) is 3.51. The van der Waals surface area contributed by atoms with Crippen LogP contribution in [0.25, 0.3) is 0 Å². The van der Waals surface area contributed by atoms with Crippen LogP contribution in [0.4, 0.5) is 0 Å². The number of benzene rings is 1. The van der Waals surface area contributed by atoms with Gasteiger partial charge >= 0.3 is 0 Å². The summed E-state index contributed by atoms with van der Waals surface area (Å²) in [4.78, 5) is 12.5. The van der Waals surface area contributed by atoms with Gasteiger partial charge < -0.3 is 10.6 Å². The second-order valence-electron chi connectivity index (χ2n) is 7.45. The fraction of sp³-hybridized carbons (Fsp3) is 0.650. The van der Waals surface area contributed by atoms with Crippen molar-refractivity contribution in [2.45, 2.75) is 52.5 Å². The van der Waals surface area contributed by atoms with Crippen LogP contribution in [-0.2, 0) is 4.79 Å². The SMILES string of the molecule is CC(C)CC(NC(=O)CC(C)C1CCCNC1)c1ccccc1.Cl. The number of hydrogen-bond donors (Lipinski definition) is 2. The maximum atomic E-state index is 12.5. The van der Waals surface area contributed by atoms with E-state index in [-0.39, 0.29) is 24.4 Å². The molecule has 1 aliphatic heterocycles. The summed E-state index contributed by atoms with van der Waals surface area (Å²) in [5.41, 5.74) is 1.21. The number of hydrogen-bond acceptors (Lipinski definition) is 2. The van der Waals surface area contributed by atoms with Crippen LogP contribution in [0.2, 0.25) is 0 Å². The first kappa shape index (κ1) is 21.0. The number of halogens is 1. The van der Waals surface area contributed by atoms with E-state index in [0.717, 1.165) is 19.5 Å². The average Bonchev–Trinajstić information content (AvgIpc) is 2.55. The number of piperidine rings is 1. The lowest BCUT2D eigenvalue weighted by molar-refractivity contribution is -0.123. The Morgan fingerprint density at radius 1 is 1.25 bits per heavy atom. The molecule has 2 N–H and O–H groups in total. The van der Waals surface area contributed by atoms with Crippen molar-refractivity contribution in [1.29, 1.82) is 0 Å². The number of amides is 1. The lowest BCUT2D eigenvalue weighted by Gasteiger charge is -2.29. The lowest BCUT2D eigenvalue weighted by atomic mass is 9.85. The first-order valence-electron chi connectivity index (χ1n) is 9.11. The van der Waals surface area contributed by atoms with Gasteiger partial charge in [-0.15, -0.1) is 12.4 Å². The maximum Gasteiger partial charge on any atom is 0.220 e. The molecule has 1 fully saturated rings. The predicted molar refractivity (Wildman–Crippen MR) is 103 cm³/mol. The minimum Gasteiger partial charge on any atom is -0.349 e. The van der Waals surface area contributed by atoms with Gasteiger partial charge in [0.2, 0.25) is 5.91 Å². The Kier molecular flexibility index (Phi) is 9.38. The molecule has 3 nitrogen and oxygen atoms in total. The molecule has 1 amide bonds. The van der Waals surface area contributed by atoms with Gasteiger partial charge in [-0.25, -0.2) is 0 Å². The quantitative estimate of drug-likeness (QED) is 0.766. The Bertz CT molecular complexity index is 472. The standard InChI is InChI=1S/C20H32N2O.ClH/c1-15(2)12-19(17-8-5-4-6-9-17)22-20(23)13-16(3)18-10-7-11-21-14-18;/h4-6,8-9,15-16,18-19,21H,7,10-14H2,1-3H3,(H,22,23);1H. The Morgan fingerprint density at radius 3 is 2.54 bits per heavy atom. The van der Waals surface area contributed by atoms with Crippen molar-refractivity contribution in [2.75, 3.05) is 13.1 Å². The van der Waals surface area contributed by atoms with Crippen LogP contribution in [-0.4, -0.2) is 19.0 Å². The largest absolute Gasteiger partial charge is 0.349 e. The van der Waals surface area contributed by atoms with Gasteiger partial charge in [0.25, 0.3) is 0 Å². The Labute approximate surface area is 153 Å². The summed E-state index contributed by atoms with van der Waals surface area (Å²) < 4.78 is 0. The van der Waals surface area contributed by atoms with Crippen LogP contribution in [0.5, 0.6) is 0 Å². The van der Waals surface area contributed by atoms with Crippen LogP contribution in [0.1, 0.15) is 58.1 Å². The first-order chi connectivity index (χ1) is 11.1. The molecule has 1 aromatic rings. The normalized spacial score (nSPS) is 20.1. The van der Waals surface area contributed by atoms with E-state index in [9.17, 15) is 4.79 Å². The van der Waals surface area contributed by atoms with E-state index in [1.807, 2.05) is 18.2 Å². The zero-order valence-electron chi connectivity index (χ0n) is 15.3. The highest BCUT2D eigenvalue weighted by molar-refractivity contribution is 5.85. The summed E-state index contributed by atoms with van der Waals surface area (Å²) >= 11 is 0. The lowest BCUT2D eigenvalue weighted by Crippen LogP contribution is -2.36. The zero-order chi connectivity index (χ0) is 16.7. The molecule has 24 heavy (non-hydrogen) atoms. The predicted octanol–water partition coefficient (Wildman–Crippen LogP) is 4.34. The van der Waals surface area contributed by atoms with Gasteiger partial charge in [-0.2, -0.15) is 0 Å². The minimum atomic E-state index is 0. The minimum absolute atomic E-state index is 0. The molecule has 0 aliphatic carbocycles. The Balaban J connectivity index is 0.00000288. The van der Waals surface area contributed by atoms with E-state index < -0.39 is 0 Å². The van der Waals surface area contributed by atoms with Crippen molar-refractivity contribution in [3.05, 3.63) is 35.9 Å². The summed E-state index contributed by atoms with van der Waals surface area (Å²) in [5.74, 6) is 1.83. The highest BCUT2D eigenvalue weighted by Gasteiger charge is 2.23. The van der Waals surface area contributed by atoms with Crippen LogP contribution in [0.3, 0.4) is 0 Å². The monoisotopic (exact) mass is 352 g/mol. The van der Waals surface area contributed by atoms with E-state index in [1.165, 1.54) is 18.4 Å². The molecule has 3 atom stereocenters. The summed E-state index contributed by atoms with van der Waals surface area (Å²) in [6.45, 7) is 8.82. The van der Waals surface area contributed by atoms with Crippen molar-refractivity contribution < 1.29 is 4.79 Å². The van der Waals surface area contributed by atoms with Gasteiger partial charge in [-0.3, -0.25) is 4.79 Å². The van der Waals surface area contributed by atoms with Crippen molar-refractivity contribution in [1.82, 2.24) is 10.6 Å². The molecular formula is C20H33ClN2O. The second-order valence-corrected chi connectivity index (χ2v) is 7.45. The van der Waals surface area contributed by atoms with E-state index in [2.05, 4.69) is 43.5 Å². The van der Waals surface area contributed by atoms with Crippen molar-refractivity contribution in [3.8, 4) is 0 Å². The molecule has 3 unspecified atom stereocenters. The molecule has 136 valence electrons. The van der Waals surface area contributed by atoms with Crippen LogP contribution in [0, 0.1) is 17.8 Å². The number of carbonyl (C=O) groups is 1. The molecule has 1 aliphatic rings. The molecule has 0 spiro atoms. The van der Waals surface area contributed by atoms with Crippen molar-refractivity contribution in [3.63, 3.8) is 0 Å². The maximum absolute atomic E-state index is 12.5. The van der Waals surface area contributed by atoms with Gasteiger partial charge in [-0.05, 0) is 55.7 Å². The highest BCUT2D eigenvalue weighted by Crippen LogP contribution is 2.24. The smallest absolute Gasteiger partial charge is 0.220 e. The third-order valence-corrected chi connectivity index (χ3v) is 4.89. The highest BCUT2D eigenvalue weighted by atomic mass is 35.5. The van der Waals surface area contributed by atoms with Crippen molar-refractivity contribution in [2.24, 2.45) is 17.8 Å². The molecule has 0 bridgehead atoms. The van der Waals surface area contributed by atoms with Gasteiger partial charge in [-0.1, -0.05) is 51.1 Å². The molecule has 1 heterocycles. The Hall–Kier alpha value is -1.06. The van der Waals surface area contributed by atoms with Crippen LogP contribution >= 0.6 is 12.4 Å². The third kappa shape index (κ3) is 6.82. The molecule has 0 saturated carbocycles. The summed E-state index contributed by atoms with van der Waals surface area (Å²) in [7, 11) is 0. The topological polar surface area (TPSA) is 41.1 Å². The average molecular weight is 353 g/mol. The van der Waals surface area contributed by atoms with Crippen LogP contribution < -0.4 is 10.6 Å². The van der Waals surface area contributed by atoms with E-state index in [0.29, 0.717) is 24.2 Å². The molecule has 0 radical (unpaired) electrons. The third-order valence-electron chi connectivity index (χ3n) is 4.89. The van der Waals surface area contributed by atoms with E-state index in [1.54, 1.807) is 0 Å². The molecule has 2 rings (SSSR count). The van der Waals surface area contributed by atoms with Crippen molar-refractivity contribution >= 4 is 18.3 Å². The summed E-state index contributed by atoms with van der Waals surface area (Å²) in [6.07, 6.45) is 4.09. The van der Waals surface area contributed by atoms with Crippen LogP contribution in [0.15, 0.2) is 30.3 Å². The Morgan fingerprint density at radius 2 is 1.96 bits per heavy atom. The van der Waals surface area contributed by atoms with Gasteiger partial charge in [0.1, 0.15) is 0 Å². The van der Waals surface area contributed by atoms with E-state index >= 15 is 0 Å². The second kappa shape index (κ2) is 10.7. The molecule has 1 saturated heterocycles. The van der Waals surface area contributed by atoms with Gasteiger partial charge in [0.15, 0.2) is 0 Å². The summed E-state index contributed by atoms with van der Waals surface area (Å²) in [6, 6.07) is 10.5. The van der Waals surface area contributed by atoms with Gasteiger partial charge in [0, 0.05) is 6.42 Å². The number of rotatable bonds is 7. The first-order valence-corrected chi connectivity index (χ1v) is 9.11. The summed E-state index contributed by atoms with van der Waals surface area (Å²) in [5, 5.41) is 6.73. The molecule has 1 aromatic carbocycles. The molecule has 0 aromatic heterocycles. The van der Waals surface area contributed by atoms with E-state index in [4.69, 9.17) is 0 Å². The fourth-order valence-corrected chi connectivity index (χ4v) is 3.51. The molecular weight excluding hydrogens is 320 g/mol. The zero-order valence-corrected chi connectivity index (χ0v) is 16.1. The number of carbonyl (C=O) groups excluding carboxylic acids is 1. The molecule has 4 heteroatoms. The van der Waals surface area contributed by atoms with Gasteiger partial charge in [0.05, 0.1) is 6.04 Å². The number of nitrogens with one attached hydrogen (secondary N) is 2.